The van der Waals surface area contributed by atoms with Gasteiger partial charge in [0.2, 0.25) is 0 Å². The molecule has 116 valence electrons. The van der Waals surface area contributed by atoms with Crippen molar-refractivity contribution in [3.8, 4) is 0 Å². The number of carbonyl (C=O) groups excluding carboxylic acids is 1. The minimum atomic E-state index is -0.352. The Morgan fingerprint density at radius 1 is 0.957 bits per heavy atom. The number of carbonyl (C=O) groups is 1. The second kappa shape index (κ2) is 6.97. The summed E-state index contributed by atoms with van der Waals surface area (Å²) in [4.78, 5) is 12.2. The summed E-state index contributed by atoms with van der Waals surface area (Å²) in [5.41, 5.74) is 2.60. The van der Waals surface area contributed by atoms with Gasteiger partial charge in [0.15, 0.2) is 0 Å². The normalized spacial score (nSPS) is 10.5. The second-order valence-corrected chi connectivity index (χ2v) is 5.41. The summed E-state index contributed by atoms with van der Waals surface area (Å²) >= 11 is 0. The van der Waals surface area contributed by atoms with Crippen molar-refractivity contribution in [2.75, 3.05) is 0 Å². The molecule has 3 rings (SSSR count). The molecular formula is C20H18O3. The predicted molar refractivity (Wildman–Crippen MR) is 88.3 cm³/mol. The molecule has 0 bridgehead atoms. The maximum atomic E-state index is 12.2. The van der Waals surface area contributed by atoms with E-state index in [0.717, 1.165) is 16.9 Å². The summed E-state index contributed by atoms with van der Waals surface area (Å²) in [5.74, 6) is 1.00. The predicted octanol–water partition coefficient (Wildman–Crippen LogP) is 4.54. The molecule has 23 heavy (non-hydrogen) atoms. The van der Waals surface area contributed by atoms with Gasteiger partial charge in [0.05, 0.1) is 0 Å². The number of benzene rings is 2. The molecular weight excluding hydrogens is 288 g/mol. The standard InChI is InChI=1S/C20H18O3/c1-15-19(20(21)22-14-17-10-6-3-7-11-17)13-18(23-15)12-16-8-4-2-5-9-16/h2-11,13H,12,14H2,1H3. The highest BCUT2D eigenvalue weighted by Crippen LogP contribution is 2.19. The molecule has 0 aliphatic rings. The quantitative estimate of drug-likeness (QED) is 0.650. The Balaban J connectivity index is 1.67. The van der Waals surface area contributed by atoms with Crippen LogP contribution in [0.25, 0.3) is 0 Å². The van der Waals surface area contributed by atoms with Crippen LogP contribution < -0.4 is 0 Å². The average molecular weight is 306 g/mol. The number of esters is 1. The van der Waals surface area contributed by atoms with Gasteiger partial charge in [-0.15, -0.1) is 0 Å². The first-order valence-electron chi connectivity index (χ1n) is 7.56. The van der Waals surface area contributed by atoms with Gasteiger partial charge in [-0.3, -0.25) is 0 Å². The lowest BCUT2D eigenvalue weighted by atomic mass is 10.1. The maximum absolute atomic E-state index is 12.2. The summed E-state index contributed by atoms with van der Waals surface area (Å²) in [7, 11) is 0. The van der Waals surface area contributed by atoms with Gasteiger partial charge in [-0.2, -0.15) is 0 Å². The lowest BCUT2D eigenvalue weighted by molar-refractivity contribution is 0.0470. The van der Waals surface area contributed by atoms with Gasteiger partial charge in [0.1, 0.15) is 23.7 Å². The zero-order valence-corrected chi connectivity index (χ0v) is 13.0. The summed E-state index contributed by atoms with van der Waals surface area (Å²) in [6.07, 6.45) is 0.660. The molecule has 0 aliphatic heterocycles. The number of furan rings is 1. The molecule has 3 nitrogen and oxygen atoms in total. The van der Waals surface area contributed by atoms with Crippen molar-refractivity contribution >= 4 is 5.97 Å². The van der Waals surface area contributed by atoms with E-state index in [4.69, 9.17) is 9.15 Å². The van der Waals surface area contributed by atoms with E-state index in [0.29, 0.717) is 17.7 Å². The van der Waals surface area contributed by atoms with Crippen molar-refractivity contribution < 1.29 is 13.9 Å². The molecule has 1 heterocycles. The molecule has 2 aromatic carbocycles. The van der Waals surface area contributed by atoms with Crippen LogP contribution in [0.1, 0.15) is 33.0 Å². The minimum absolute atomic E-state index is 0.262. The fourth-order valence-corrected chi connectivity index (χ4v) is 2.43. The van der Waals surface area contributed by atoms with Gasteiger partial charge < -0.3 is 9.15 Å². The molecule has 0 aliphatic carbocycles. The van der Waals surface area contributed by atoms with Crippen molar-refractivity contribution in [2.45, 2.75) is 20.0 Å². The molecule has 0 atom stereocenters. The van der Waals surface area contributed by atoms with E-state index in [-0.39, 0.29) is 12.6 Å². The third-order valence-electron chi connectivity index (χ3n) is 3.62. The Labute approximate surface area is 135 Å². The van der Waals surface area contributed by atoms with E-state index in [1.165, 1.54) is 0 Å². The summed E-state index contributed by atoms with van der Waals surface area (Å²) < 4.78 is 11.1. The van der Waals surface area contributed by atoms with Crippen LogP contribution in [0.2, 0.25) is 0 Å². The first-order valence-corrected chi connectivity index (χ1v) is 7.56. The minimum Gasteiger partial charge on any atom is -0.465 e. The summed E-state index contributed by atoms with van der Waals surface area (Å²) in [6, 6.07) is 21.4. The third-order valence-corrected chi connectivity index (χ3v) is 3.62. The van der Waals surface area contributed by atoms with Crippen molar-refractivity contribution in [1.29, 1.82) is 0 Å². The smallest absolute Gasteiger partial charge is 0.342 e. The van der Waals surface area contributed by atoms with Crippen LogP contribution in [0.4, 0.5) is 0 Å². The fraction of sp³-hybridized carbons (Fsp3) is 0.150. The maximum Gasteiger partial charge on any atom is 0.342 e. The van der Waals surface area contributed by atoms with E-state index in [1.807, 2.05) is 60.7 Å². The van der Waals surface area contributed by atoms with Crippen molar-refractivity contribution in [1.82, 2.24) is 0 Å². The van der Waals surface area contributed by atoms with E-state index < -0.39 is 0 Å². The first-order chi connectivity index (χ1) is 11.2. The van der Waals surface area contributed by atoms with Crippen LogP contribution in [-0.2, 0) is 17.8 Å². The molecule has 0 saturated heterocycles. The van der Waals surface area contributed by atoms with Crippen molar-refractivity contribution in [2.24, 2.45) is 0 Å². The highest BCUT2D eigenvalue weighted by Gasteiger charge is 2.16. The second-order valence-electron chi connectivity index (χ2n) is 5.41. The number of hydrogen-bond donors (Lipinski definition) is 0. The van der Waals surface area contributed by atoms with Crippen LogP contribution in [0.3, 0.4) is 0 Å². The van der Waals surface area contributed by atoms with Crippen molar-refractivity contribution in [3.05, 3.63) is 94.9 Å². The van der Waals surface area contributed by atoms with Gasteiger partial charge in [-0.25, -0.2) is 4.79 Å². The zero-order chi connectivity index (χ0) is 16.1. The molecule has 0 N–H and O–H groups in total. The number of rotatable bonds is 5. The molecule has 0 radical (unpaired) electrons. The lowest BCUT2D eigenvalue weighted by Gasteiger charge is -2.03. The highest BCUT2D eigenvalue weighted by molar-refractivity contribution is 5.90. The molecule has 1 aromatic heterocycles. The van der Waals surface area contributed by atoms with E-state index in [1.54, 1.807) is 13.0 Å². The highest BCUT2D eigenvalue weighted by atomic mass is 16.5. The number of hydrogen-bond acceptors (Lipinski definition) is 3. The van der Waals surface area contributed by atoms with Crippen LogP contribution in [0, 0.1) is 6.92 Å². The zero-order valence-electron chi connectivity index (χ0n) is 13.0. The lowest BCUT2D eigenvalue weighted by Crippen LogP contribution is -2.05. The molecule has 0 amide bonds. The fourth-order valence-electron chi connectivity index (χ4n) is 2.43. The monoisotopic (exact) mass is 306 g/mol. The molecule has 0 unspecified atom stereocenters. The van der Waals surface area contributed by atoms with Crippen LogP contribution in [-0.4, -0.2) is 5.97 Å². The molecule has 3 aromatic rings. The SMILES string of the molecule is Cc1oc(Cc2ccccc2)cc1C(=O)OCc1ccccc1. The van der Waals surface area contributed by atoms with E-state index in [9.17, 15) is 4.79 Å². The van der Waals surface area contributed by atoms with Gasteiger partial charge in [0, 0.05) is 6.42 Å². The molecule has 0 fully saturated rings. The number of ether oxygens (including phenoxy) is 1. The Kier molecular flexibility index (Phi) is 4.57. The van der Waals surface area contributed by atoms with Gasteiger partial charge >= 0.3 is 5.97 Å². The Morgan fingerprint density at radius 2 is 1.57 bits per heavy atom. The topological polar surface area (TPSA) is 39.4 Å². The first kappa shape index (κ1) is 15.1. The molecule has 0 spiro atoms. The number of aryl methyl sites for hydroxylation is 1. The Morgan fingerprint density at radius 3 is 2.22 bits per heavy atom. The van der Waals surface area contributed by atoms with Crippen LogP contribution in [0.5, 0.6) is 0 Å². The molecule has 3 heteroatoms. The molecule has 0 saturated carbocycles. The largest absolute Gasteiger partial charge is 0.465 e. The van der Waals surface area contributed by atoms with E-state index in [2.05, 4.69) is 0 Å². The third kappa shape index (κ3) is 3.89. The Hall–Kier alpha value is -2.81. The van der Waals surface area contributed by atoms with Crippen molar-refractivity contribution in [3.63, 3.8) is 0 Å². The van der Waals surface area contributed by atoms with Gasteiger partial charge in [0.25, 0.3) is 0 Å². The summed E-state index contributed by atoms with van der Waals surface area (Å²) in [5, 5.41) is 0. The average Bonchev–Trinajstić information content (AvgIpc) is 2.95. The van der Waals surface area contributed by atoms with E-state index >= 15 is 0 Å². The summed E-state index contributed by atoms with van der Waals surface area (Å²) in [6.45, 7) is 2.05. The Bertz CT molecular complexity index is 773. The van der Waals surface area contributed by atoms with Gasteiger partial charge in [-0.1, -0.05) is 60.7 Å². The van der Waals surface area contributed by atoms with Crippen LogP contribution >= 0.6 is 0 Å². The van der Waals surface area contributed by atoms with Crippen LogP contribution in [0.15, 0.2) is 71.1 Å². The van der Waals surface area contributed by atoms with Gasteiger partial charge in [-0.05, 0) is 24.1 Å².